The predicted molar refractivity (Wildman–Crippen MR) is 73.4 cm³/mol. The van der Waals surface area contributed by atoms with E-state index in [2.05, 4.69) is 4.98 Å². The molecule has 1 heterocycles. The zero-order valence-corrected chi connectivity index (χ0v) is 11.1. The Morgan fingerprint density at radius 1 is 1.05 bits per heavy atom. The van der Waals surface area contributed by atoms with Gasteiger partial charge in [-0.15, -0.1) is 0 Å². The smallest absolute Gasteiger partial charge is 0.136 e. The van der Waals surface area contributed by atoms with Gasteiger partial charge in [-0.2, -0.15) is 0 Å². The number of ether oxygens (including phenoxy) is 2. The molecule has 0 aliphatic heterocycles. The Balaban J connectivity index is 2.11. The summed E-state index contributed by atoms with van der Waals surface area (Å²) in [7, 11) is 1.64. The zero-order chi connectivity index (χ0) is 13.7. The number of aryl methyl sites for hydroxylation is 1. The van der Waals surface area contributed by atoms with E-state index in [1.807, 2.05) is 24.3 Å². The molecule has 1 N–H and O–H groups in total. The lowest BCUT2D eigenvalue weighted by molar-refractivity contribution is 0.146. The molecule has 4 nitrogen and oxygen atoms in total. The average Bonchev–Trinajstić information content (AvgIpc) is 2.43. The molecule has 0 unspecified atom stereocenters. The summed E-state index contributed by atoms with van der Waals surface area (Å²) in [5.74, 6) is 1.01. The molecule has 0 atom stereocenters. The van der Waals surface area contributed by atoms with Crippen molar-refractivity contribution >= 4 is 0 Å². The molecular weight excluding hydrogens is 242 g/mol. The maximum Gasteiger partial charge on any atom is 0.136 e. The largest absolute Gasteiger partial charge is 0.506 e. The van der Waals surface area contributed by atoms with Gasteiger partial charge in [0.1, 0.15) is 18.1 Å². The molecule has 0 amide bonds. The van der Waals surface area contributed by atoms with E-state index < -0.39 is 0 Å². The van der Waals surface area contributed by atoms with Crippen molar-refractivity contribution in [3.8, 4) is 22.8 Å². The van der Waals surface area contributed by atoms with E-state index in [9.17, 15) is 5.11 Å². The minimum atomic E-state index is 0.211. The first-order valence-electron chi connectivity index (χ1n) is 6.09. The van der Waals surface area contributed by atoms with Gasteiger partial charge in [0.25, 0.3) is 0 Å². The van der Waals surface area contributed by atoms with Crippen LogP contribution in [0.4, 0.5) is 0 Å². The summed E-state index contributed by atoms with van der Waals surface area (Å²) in [6.07, 6.45) is 0. The third-order valence-corrected chi connectivity index (χ3v) is 2.76. The number of hydrogen-bond acceptors (Lipinski definition) is 4. The maximum absolute atomic E-state index is 9.46. The minimum absolute atomic E-state index is 0.211. The number of benzene rings is 1. The van der Waals surface area contributed by atoms with Crippen LogP contribution in [0.5, 0.6) is 11.5 Å². The van der Waals surface area contributed by atoms with Gasteiger partial charge >= 0.3 is 0 Å². The Labute approximate surface area is 112 Å². The van der Waals surface area contributed by atoms with E-state index in [0.717, 1.165) is 17.0 Å². The molecule has 1 aromatic carbocycles. The van der Waals surface area contributed by atoms with Crippen molar-refractivity contribution in [2.24, 2.45) is 0 Å². The van der Waals surface area contributed by atoms with Gasteiger partial charge in [-0.3, -0.25) is 0 Å². The third-order valence-electron chi connectivity index (χ3n) is 2.76. The zero-order valence-electron chi connectivity index (χ0n) is 11.1. The van der Waals surface area contributed by atoms with Gasteiger partial charge < -0.3 is 14.6 Å². The summed E-state index contributed by atoms with van der Waals surface area (Å²) >= 11 is 0. The van der Waals surface area contributed by atoms with Crippen LogP contribution in [-0.2, 0) is 4.74 Å². The van der Waals surface area contributed by atoms with Crippen molar-refractivity contribution in [2.45, 2.75) is 6.92 Å². The van der Waals surface area contributed by atoms with Crippen molar-refractivity contribution in [1.29, 1.82) is 0 Å². The standard InChI is InChI=1S/C15H17NO3/c1-11-15(17)8-7-14(16-11)12-3-5-13(6-4-12)19-10-9-18-2/h3-8,17H,9-10H2,1-2H3. The Hall–Kier alpha value is -2.07. The second-order valence-electron chi connectivity index (χ2n) is 4.17. The highest BCUT2D eigenvalue weighted by Gasteiger charge is 2.03. The van der Waals surface area contributed by atoms with Gasteiger partial charge in [0.05, 0.1) is 18.0 Å². The van der Waals surface area contributed by atoms with Gasteiger partial charge in [-0.05, 0) is 43.3 Å². The lowest BCUT2D eigenvalue weighted by Gasteiger charge is -2.07. The van der Waals surface area contributed by atoms with Crippen molar-refractivity contribution in [1.82, 2.24) is 4.98 Å². The van der Waals surface area contributed by atoms with Crippen molar-refractivity contribution in [3.63, 3.8) is 0 Å². The second-order valence-corrected chi connectivity index (χ2v) is 4.17. The van der Waals surface area contributed by atoms with Crippen molar-refractivity contribution < 1.29 is 14.6 Å². The SMILES string of the molecule is COCCOc1ccc(-c2ccc(O)c(C)n2)cc1. The molecule has 0 fully saturated rings. The molecule has 100 valence electrons. The molecule has 0 aliphatic rings. The molecular formula is C15H17NO3. The van der Waals surface area contributed by atoms with Gasteiger partial charge in [0.15, 0.2) is 0 Å². The number of methoxy groups -OCH3 is 1. The fourth-order valence-corrected chi connectivity index (χ4v) is 1.68. The molecule has 0 bridgehead atoms. The molecule has 0 saturated heterocycles. The Kier molecular flexibility index (Phi) is 4.36. The number of rotatable bonds is 5. The quantitative estimate of drug-likeness (QED) is 0.839. The fourth-order valence-electron chi connectivity index (χ4n) is 1.68. The maximum atomic E-state index is 9.46. The number of aromatic nitrogens is 1. The van der Waals surface area contributed by atoms with E-state index >= 15 is 0 Å². The molecule has 0 aliphatic carbocycles. The number of nitrogens with zero attached hydrogens (tertiary/aromatic N) is 1. The first-order valence-corrected chi connectivity index (χ1v) is 6.09. The van der Waals surface area contributed by atoms with Crippen LogP contribution in [0.15, 0.2) is 36.4 Å². The topological polar surface area (TPSA) is 51.6 Å². The van der Waals surface area contributed by atoms with Crippen molar-refractivity contribution in [3.05, 3.63) is 42.1 Å². The van der Waals surface area contributed by atoms with Crippen LogP contribution in [0, 0.1) is 6.92 Å². The van der Waals surface area contributed by atoms with E-state index in [-0.39, 0.29) is 5.75 Å². The van der Waals surface area contributed by atoms with E-state index in [1.165, 1.54) is 0 Å². The number of hydrogen-bond donors (Lipinski definition) is 1. The van der Waals surface area contributed by atoms with Crippen LogP contribution < -0.4 is 4.74 Å². The Morgan fingerprint density at radius 2 is 1.79 bits per heavy atom. The summed E-state index contributed by atoms with van der Waals surface area (Å²) in [4.78, 5) is 4.34. The van der Waals surface area contributed by atoms with Gasteiger partial charge in [0.2, 0.25) is 0 Å². The minimum Gasteiger partial charge on any atom is -0.506 e. The van der Waals surface area contributed by atoms with E-state index in [0.29, 0.717) is 18.9 Å². The summed E-state index contributed by atoms with van der Waals surface area (Å²) in [6.45, 7) is 2.88. The average molecular weight is 259 g/mol. The van der Waals surface area contributed by atoms with Crippen molar-refractivity contribution in [2.75, 3.05) is 20.3 Å². The van der Waals surface area contributed by atoms with Crippen LogP contribution in [-0.4, -0.2) is 30.4 Å². The molecule has 4 heteroatoms. The number of pyridine rings is 1. The van der Waals surface area contributed by atoms with Gasteiger partial charge in [-0.25, -0.2) is 4.98 Å². The Bertz CT molecular complexity index is 538. The molecule has 0 saturated carbocycles. The predicted octanol–water partition coefficient (Wildman–Crippen LogP) is 2.79. The lowest BCUT2D eigenvalue weighted by Crippen LogP contribution is -2.03. The molecule has 19 heavy (non-hydrogen) atoms. The Morgan fingerprint density at radius 3 is 2.42 bits per heavy atom. The van der Waals surface area contributed by atoms with Crippen LogP contribution in [0.3, 0.4) is 0 Å². The molecule has 2 aromatic rings. The molecule has 0 radical (unpaired) electrons. The highest BCUT2D eigenvalue weighted by atomic mass is 16.5. The van der Waals surface area contributed by atoms with Gasteiger partial charge in [0, 0.05) is 12.7 Å². The summed E-state index contributed by atoms with van der Waals surface area (Å²) < 4.78 is 10.4. The molecule has 0 spiro atoms. The highest BCUT2D eigenvalue weighted by Crippen LogP contribution is 2.23. The molecule has 2 rings (SSSR count). The monoisotopic (exact) mass is 259 g/mol. The summed E-state index contributed by atoms with van der Waals surface area (Å²) in [5.41, 5.74) is 2.44. The second kappa shape index (κ2) is 6.20. The van der Waals surface area contributed by atoms with Crippen LogP contribution in [0.2, 0.25) is 0 Å². The molecule has 1 aromatic heterocycles. The highest BCUT2D eigenvalue weighted by molar-refractivity contribution is 5.61. The lowest BCUT2D eigenvalue weighted by atomic mass is 10.1. The summed E-state index contributed by atoms with van der Waals surface area (Å²) in [5, 5.41) is 9.46. The van der Waals surface area contributed by atoms with Crippen LogP contribution in [0.25, 0.3) is 11.3 Å². The third kappa shape index (κ3) is 3.45. The van der Waals surface area contributed by atoms with Gasteiger partial charge in [-0.1, -0.05) is 0 Å². The summed E-state index contributed by atoms with van der Waals surface area (Å²) in [6, 6.07) is 11.1. The van der Waals surface area contributed by atoms with Crippen LogP contribution in [0.1, 0.15) is 5.69 Å². The van der Waals surface area contributed by atoms with E-state index in [1.54, 1.807) is 26.2 Å². The normalized spacial score (nSPS) is 10.4. The number of aromatic hydroxyl groups is 1. The first-order chi connectivity index (χ1) is 9.20. The van der Waals surface area contributed by atoms with E-state index in [4.69, 9.17) is 9.47 Å². The first kappa shape index (κ1) is 13.4. The fraction of sp³-hybridized carbons (Fsp3) is 0.267. The van der Waals surface area contributed by atoms with Crippen LogP contribution >= 0.6 is 0 Å².